The third kappa shape index (κ3) is 2.83. The van der Waals surface area contributed by atoms with Crippen molar-refractivity contribution in [2.45, 2.75) is 18.9 Å². The molecule has 0 aliphatic carbocycles. The zero-order valence-electron chi connectivity index (χ0n) is 12.9. The van der Waals surface area contributed by atoms with Crippen molar-refractivity contribution in [1.29, 1.82) is 0 Å². The lowest BCUT2D eigenvalue weighted by Gasteiger charge is -2.31. The van der Waals surface area contributed by atoms with E-state index in [4.69, 9.17) is 4.52 Å². The smallest absolute Gasteiger partial charge is 0.263 e. The molecule has 1 aliphatic heterocycles. The van der Waals surface area contributed by atoms with Gasteiger partial charge in [-0.1, -0.05) is 5.16 Å². The number of aliphatic hydroxyl groups excluding tert-OH is 1. The molecule has 1 fully saturated rings. The van der Waals surface area contributed by atoms with Crippen molar-refractivity contribution in [3.8, 4) is 22.8 Å². The molecule has 1 N–H and O–H groups in total. The number of pyridine rings is 1. The van der Waals surface area contributed by atoms with E-state index in [2.05, 4.69) is 30.0 Å². The topological polar surface area (TPSA) is 101 Å². The number of hydrogen-bond donors (Lipinski definition) is 1. The molecule has 0 atom stereocenters. The summed E-state index contributed by atoms with van der Waals surface area (Å²) in [6.07, 6.45) is 7.74. The number of nitrogens with zero attached hydrogens (tertiary/aromatic N) is 6. The standard InChI is InChI=1S/C16H16N6O2/c23-12-3-7-22(8-4-12)15-13(9-18-10-19-15)16-20-14(21-24-16)11-1-5-17-6-2-11/h1-2,5-6,9-10,12,23H,3-4,7-8H2. The fourth-order valence-corrected chi connectivity index (χ4v) is 2.75. The molecular formula is C16H16N6O2. The molecule has 122 valence electrons. The Morgan fingerprint density at radius 1 is 1.12 bits per heavy atom. The number of aromatic nitrogens is 5. The summed E-state index contributed by atoms with van der Waals surface area (Å²) in [6, 6.07) is 3.64. The van der Waals surface area contributed by atoms with Crippen LogP contribution >= 0.6 is 0 Å². The summed E-state index contributed by atoms with van der Waals surface area (Å²) in [5, 5.41) is 13.7. The molecule has 0 bridgehead atoms. The van der Waals surface area contributed by atoms with Gasteiger partial charge in [-0.3, -0.25) is 4.98 Å². The maximum atomic E-state index is 9.68. The highest BCUT2D eigenvalue weighted by molar-refractivity contribution is 5.70. The highest BCUT2D eigenvalue weighted by atomic mass is 16.5. The average Bonchev–Trinajstić information content (AvgIpc) is 3.13. The number of piperidine rings is 1. The van der Waals surface area contributed by atoms with Crippen LogP contribution in [0, 0.1) is 0 Å². The molecule has 0 radical (unpaired) electrons. The molecule has 0 spiro atoms. The Hall–Kier alpha value is -2.87. The van der Waals surface area contributed by atoms with Gasteiger partial charge in [-0.15, -0.1) is 0 Å². The van der Waals surface area contributed by atoms with Crippen molar-refractivity contribution in [1.82, 2.24) is 25.1 Å². The van der Waals surface area contributed by atoms with Gasteiger partial charge in [0.2, 0.25) is 5.82 Å². The minimum Gasteiger partial charge on any atom is -0.393 e. The molecule has 3 aromatic heterocycles. The minimum atomic E-state index is -0.242. The fraction of sp³-hybridized carbons (Fsp3) is 0.312. The van der Waals surface area contributed by atoms with E-state index in [1.54, 1.807) is 18.6 Å². The van der Waals surface area contributed by atoms with E-state index in [1.165, 1.54) is 6.33 Å². The van der Waals surface area contributed by atoms with Gasteiger partial charge in [-0.25, -0.2) is 9.97 Å². The van der Waals surface area contributed by atoms with Crippen molar-refractivity contribution in [2.75, 3.05) is 18.0 Å². The Bertz CT molecular complexity index is 814. The summed E-state index contributed by atoms with van der Waals surface area (Å²) in [5.74, 6) is 1.63. The lowest BCUT2D eigenvalue weighted by atomic mass is 10.1. The van der Waals surface area contributed by atoms with Crippen molar-refractivity contribution in [3.05, 3.63) is 37.1 Å². The van der Waals surface area contributed by atoms with Crippen molar-refractivity contribution in [2.24, 2.45) is 0 Å². The molecular weight excluding hydrogens is 308 g/mol. The SMILES string of the molecule is OC1CCN(c2ncncc2-c2nc(-c3ccncc3)no2)CC1. The summed E-state index contributed by atoms with van der Waals surface area (Å²) in [7, 11) is 0. The zero-order valence-corrected chi connectivity index (χ0v) is 12.9. The van der Waals surface area contributed by atoms with E-state index >= 15 is 0 Å². The van der Waals surface area contributed by atoms with E-state index in [9.17, 15) is 5.11 Å². The van der Waals surface area contributed by atoms with Gasteiger partial charge >= 0.3 is 0 Å². The van der Waals surface area contributed by atoms with Gasteiger partial charge in [0.05, 0.1) is 6.10 Å². The van der Waals surface area contributed by atoms with Crippen LogP contribution in [0.1, 0.15) is 12.8 Å². The van der Waals surface area contributed by atoms with Crippen LogP contribution in [0.3, 0.4) is 0 Å². The molecule has 0 unspecified atom stereocenters. The third-order valence-electron chi connectivity index (χ3n) is 4.05. The van der Waals surface area contributed by atoms with Gasteiger partial charge in [0.1, 0.15) is 17.7 Å². The molecule has 0 saturated carbocycles. The summed E-state index contributed by atoms with van der Waals surface area (Å²) >= 11 is 0. The Kier molecular flexibility index (Phi) is 3.87. The van der Waals surface area contributed by atoms with Gasteiger partial charge in [-0.05, 0) is 25.0 Å². The molecule has 0 aromatic carbocycles. The first kappa shape index (κ1) is 14.7. The summed E-state index contributed by atoms with van der Waals surface area (Å²) in [4.78, 5) is 19.0. The molecule has 8 heteroatoms. The Morgan fingerprint density at radius 3 is 2.71 bits per heavy atom. The molecule has 3 aromatic rings. The second kappa shape index (κ2) is 6.32. The van der Waals surface area contributed by atoms with E-state index in [-0.39, 0.29) is 6.10 Å². The van der Waals surface area contributed by atoms with Crippen molar-refractivity contribution < 1.29 is 9.63 Å². The molecule has 8 nitrogen and oxygen atoms in total. The van der Waals surface area contributed by atoms with Crippen LogP contribution in [0.5, 0.6) is 0 Å². The average molecular weight is 324 g/mol. The predicted molar refractivity (Wildman–Crippen MR) is 86.0 cm³/mol. The molecule has 24 heavy (non-hydrogen) atoms. The van der Waals surface area contributed by atoms with E-state index in [0.717, 1.165) is 37.3 Å². The number of anilines is 1. The molecule has 4 heterocycles. The number of hydrogen-bond acceptors (Lipinski definition) is 8. The van der Waals surface area contributed by atoms with E-state index in [1.807, 2.05) is 12.1 Å². The second-order valence-electron chi connectivity index (χ2n) is 5.64. The largest absolute Gasteiger partial charge is 0.393 e. The van der Waals surface area contributed by atoms with Crippen LogP contribution in [0.4, 0.5) is 5.82 Å². The monoisotopic (exact) mass is 324 g/mol. The van der Waals surface area contributed by atoms with Crippen molar-refractivity contribution >= 4 is 5.82 Å². The first-order valence-electron chi connectivity index (χ1n) is 7.79. The van der Waals surface area contributed by atoms with Gasteiger partial charge in [0.25, 0.3) is 5.89 Å². The molecule has 0 amide bonds. The maximum Gasteiger partial charge on any atom is 0.263 e. The summed E-state index contributed by atoms with van der Waals surface area (Å²) in [6.45, 7) is 1.47. The first-order chi connectivity index (χ1) is 11.8. The molecule has 1 aliphatic rings. The van der Waals surface area contributed by atoms with Gasteiger partial charge in [0, 0.05) is 37.2 Å². The molecule has 1 saturated heterocycles. The number of rotatable bonds is 3. The van der Waals surface area contributed by atoms with Gasteiger partial charge in [0.15, 0.2) is 0 Å². The Morgan fingerprint density at radius 2 is 1.92 bits per heavy atom. The Labute approximate surface area is 138 Å². The van der Waals surface area contributed by atoms with Crippen molar-refractivity contribution in [3.63, 3.8) is 0 Å². The second-order valence-corrected chi connectivity index (χ2v) is 5.64. The van der Waals surface area contributed by atoms with Gasteiger partial charge < -0.3 is 14.5 Å². The Balaban J connectivity index is 1.67. The lowest BCUT2D eigenvalue weighted by Crippen LogP contribution is -2.36. The van der Waals surface area contributed by atoms with Crippen LogP contribution < -0.4 is 4.90 Å². The summed E-state index contributed by atoms with van der Waals surface area (Å²) < 4.78 is 5.42. The molecule has 4 rings (SSSR count). The van der Waals surface area contributed by atoms with Crippen LogP contribution in [0.15, 0.2) is 41.6 Å². The fourth-order valence-electron chi connectivity index (χ4n) is 2.75. The van der Waals surface area contributed by atoms with Crippen LogP contribution in [0.25, 0.3) is 22.8 Å². The van der Waals surface area contributed by atoms with Crippen LogP contribution in [-0.2, 0) is 0 Å². The quantitative estimate of drug-likeness (QED) is 0.774. The third-order valence-corrected chi connectivity index (χ3v) is 4.05. The van der Waals surface area contributed by atoms with Crippen LogP contribution in [-0.4, -0.2) is 49.4 Å². The summed E-state index contributed by atoms with van der Waals surface area (Å²) in [5.41, 5.74) is 1.53. The zero-order chi connectivity index (χ0) is 16.4. The highest BCUT2D eigenvalue weighted by Gasteiger charge is 2.23. The van der Waals surface area contributed by atoms with E-state index < -0.39 is 0 Å². The predicted octanol–water partition coefficient (Wildman–Crippen LogP) is 1.55. The minimum absolute atomic E-state index is 0.242. The maximum absolute atomic E-state index is 9.68. The normalized spacial score (nSPS) is 15.6. The van der Waals surface area contributed by atoms with E-state index in [0.29, 0.717) is 17.3 Å². The van der Waals surface area contributed by atoms with Crippen LogP contribution in [0.2, 0.25) is 0 Å². The lowest BCUT2D eigenvalue weighted by molar-refractivity contribution is 0.145. The van der Waals surface area contributed by atoms with Gasteiger partial charge in [-0.2, -0.15) is 4.98 Å². The highest BCUT2D eigenvalue weighted by Crippen LogP contribution is 2.30. The number of aliphatic hydroxyl groups is 1. The first-order valence-corrected chi connectivity index (χ1v) is 7.79.